The predicted molar refractivity (Wildman–Crippen MR) is 139 cm³/mol. The van der Waals surface area contributed by atoms with Crippen LogP contribution in [0.3, 0.4) is 0 Å². The maximum atomic E-state index is 12.0. The normalized spacial score (nSPS) is 11.3. The summed E-state index contributed by atoms with van der Waals surface area (Å²) in [5.41, 5.74) is 3.54. The van der Waals surface area contributed by atoms with Crippen molar-refractivity contribution in [2.45, 2.75) is 16.0 Å². The van der Waals surface area contributed by atoms with Crippen molar-refractivity contribution in [2.24, 2.45) is 0 Å². The zero-order chi connectivity index (χ0) is 27.2. The van der Waals surface area contributed by atoms with E-state index < -0.39 is 26.8 Å². The van der Waals surface area contributed by atoms with Crippen LogP contribution in [0, 0.1) is 0 Å². The maximum absolute atomic E-state index is 12.0. The monoisotopic (exact) mass is 548 g/mol. The zero-order valence-corrected chi connectivity index (χ0v) is 21.4. The molecule has 0 unspecified atom stereocenters. The standard InChI is InChI=1S/C20H18O2S.C7H5F3O3S/c1-21-16-10-6-14(7-11-16)18-4-3-5-19(23)20(18)15-8-12-17(22-2)13-9-15;8-7(9,10)5-1-3-6(4-2-5)14(11,12)13/h3-13,23H,1-2H3;1-4H,(H,11,12,13). The lowest BCUT2D eigenvalue weighted by Gasteiger charge is -2.14. The van der Waals surface area contributed by atoms with E-state index in [4.69, 9.17) is 14.0 Å². The van der Waals surface area contributed by atoms with Gasteiger partial charge in [0.05, 0.1) is 24.7 Å². The van der Waals surface area contributed by atoms with E-state index >= 15 is 0 Å². The van der Waals surface area contributed by atoms with E-state index in [0.29, 0.717) is 24.3 Å². The van der Waals surface area contributed by atoms with Crippen molar-refractivity contribution in [2.75, 3.05) is 14.2 Å². The first-order chi connectivity index (χ1) is 17.4. The van der Waals surface area contributed by atoms with Crippen molar-refractivity contribution >= 4 is 22.7 Å². The molecule has 0 radical (unpaired) electrons. The molecule has 0 saturated heterocycles. The molecule has 0 saturated carbocycles. The molecule has 0 amide bonds. The second-order valence-corrected chi connectivity index (χ2v) is 9.56. The summed E-state index contributed by atoms with van der Waals surface area (Å²) >= 11 is 4.66. The van der Waals surface area contributed by atoms with Crippen molar-refractivity contribution in [3.63, 3.8) is 0 Å². The third kappa shape index (κ3) is 7.28. The van der Waals surface area contributed by atoms with Gasteiger partial charge in [0.1, 0.15) is 11.5 Å². The van der Waals surface area contributed by atoms with Gasteiger partial charge >= 0.3 is 6.18 Å². The molecule has 10 heteroatoms. The summed E-state index contributed by atoms with van der Waals surface area (Å²) in [6.45, 7) is 0. The van der Waals surface area contributed by atoms with E-state index in [1.165, 1.54) is 0 Å². The molecule has 5 nitrogen and oxygen atoms in total. The minimum absolute atomic E-state index is 0.564. The molecule has 0 heterocycles. The van der Waals surface area contributed by atoms with Crippen LogP contribution in [-0.2, 0) is 16.3 Å². The molecule has 0 bridgehead atoms. The Morgan fingerprint density at radius 1 is 0.730 bits per heavy atom. The van der Waals surface area contributed by atoms with E-state index in [9.17, 15) is 21.6 Å². The van der Waals surface area contributed by atoms with Crippen molar-refractivity contribution in [3.05, 3.63) is 96.6 Å². The fourth-order valence-electron chi connectivity index (χ4n) is 3.43. The van der Waals surface area contributed by atoms with Crippen LogP contribution in [0.25, 0.3) is 22.3 Å². The summed E-state index contributed by atoms with van der Waals surface area (Å²) in [7, 11) is -1.09. The number of ether oxygens (including phenoxy) is 2. The fraction of sp³-hybridized carbons (Fsp3) is 0.111. The third-order valence-electron chi connectivity index (χ3n) is 5.30. The average molecular weight is 549 g/mol. The van der Waals surface area contributed by atoms with Crippen LogP contribution < -0.4 is 9.47 Å². The van der Waals surface area contributed by atoms with E-state index in [2.05, 4.69) is 43.0 Å². The van der Waals surface area contributed by atoms with Gasteiger partial charge in [-0.25, -0.2) is 0 Å². The summed E-state index contributed by atoms with van der Waals surface area (Å²) < 4.78 is 75.9. The summed E-state index contributed by atoms with van der Waals surface area (Å²) in [6, 6.07) is 24.8. The fourth-order valence-corrected chi connectivity index (χ4v) is 4.24. The summed E-state index contributed by atoms with van der Waals surface area (Å²) in [5, 5.41) is 0. The summed E-state index contributed by atoms with van der Waals surface area (Å²) in [4.78, 5) is 0.383. The molecule has 0 aliphatic rings. The Kier molecular flexibility index (Phi) is 8.90. The Morgan fingerprint density at radius 3 is 1.65 bits per heavy atom. The van der Waals surface area contributed by atoms with Crippen LogP contribution in [0.5, 0.6) is 11.5 Å². The SMILES string of the molecule is COc1ccc(-c2cccc(S)c2-c2ccc(OC)cc2)cc1.O=S(=O)(O)c1ccc(C(F)(F)F)cc1. The zero-order valence-electron chi connectivity index (χ0n) is 19.7. The van der Waals surface area contributed by atoms with E-state index in [0.717, 1.165) is 38.6 Å². The first-order valence-corrected chi connectivity index (χ1v) is 12.6. The molecule has 0 aliphatic carbocycles. The highest BCUT2D eigenvalue weighted by molar-refractivity contribution is 7.85. The second kappa shape index (κ2) is 11.7. The molecular formula is C27H23F3O5S2. The smallest absolute Gasteiger partial charge is 0.416 e. The van der Waals surface area contributed by atoms with Gasteiger partial charge < -0.3 is 9.47 Å². The molecule has 4 aromatic carbocycles. The van der Waals surface area contributed by atoms with Crippen molar-refractivity contribution in [1.82, 2.24) is 0 Å². The molecule has 0 fully saturated rings. The van der Waals surface area contributed by atoms with E-state index in [-0.39, 0.29) is 0 Å². The number of methoxy groups -OCH3 is 2. The molecule has 0 aliphatic heterocycles. The molecule has 1 N–H and O–H groups in total. The largest absolute Gasteiger partial charge is 0.497 e. The Labute approximate surface area is 218 Å². The predicted octanol–water partition coefficient (Wildman–Crippen LogP) is 7.28. The van der Waals surface area contributed by atoms with Crippen LogP contribution in [0.15, 0.2) is 101 Å². The third-order valence-corrected chi connectivity index (χ3v) is 6.54. The van der Waals surface area contributed by atoms with Gasteiger partial charge in [-0.05, 0) is 71.3 Å². The van der Waals surface area contributed by atoms with Crippen LogP contribution in [0.4, 0.5) is 13.2 Å². The van der Waals surface area contributed by atoms with Crippen molar-refractivity contribution in [3.8, 4) is 33.8 Å². The Morgan fingerprint density at radius 2 is 1.22 bits per heavy atom. The van der Waals surface area contributed by atoms with Gasteiger partial charge in [0.25, 0.3) is 10.1 Å². The number of benzene rings is 4. The highest BCUT2D eigenvalue weighted by atomic mass is 32.2. The van der Waals surface area contributed by atoms with Crippen molar-refractivity contribution in [1.29, 1.82) is 0 Å². The number of alkyl halides is 3. The van der Waals surface area contributed by atoms with Crippen LogP contribution in [0.1, 0.15) is 5.56 Å². The van der Waals surface area contributed by atoms with E-state index in [1.54, 1.807) is 14.2 Å². The molecular weight excluding hydrogens is 525 g/mol. The topological polar surface area (TPSA) is 72.8 Å². The van der Waals surface area contributed by atoms with Crippen LogP contribution in [-0.4, -0.2) is 27.2 Å². The van der Waals surface area contributed by atoms with E-state index in [1.807, 2.05) is 36.4 Å². The lowest BCUT2D eigenvalue weighted by atomic mass is 9.94. The van der Waals surface area contributed by atoms with Gasteiger partial charge in [-0.15, -0.1) is 12.6 Å². The maximum Gasteiger partial charge on any atom is 0.416 e. The molecule has 4 rings (SSSR count). The van der Waals surface area contributed by atoms with Gasteiger partial charge in [0, 0.05) is 10.5 Å². The molecule has 0 aromatic heterocycles. The molecule has 4 aromatic rings. The van der Waals surface area contributed by atoms with Gasteiger partial charge in [-0.2, -0.15) is 21.6 Å². The van der Waals surface area contributed by atoms with Crippen LogP contribution in [0.2, 0.25) is 0 Å². The highest BCUT2D eigenvalue weighted by Gasteiger charge is 2.30. The summed E-state index contributed by atoms with van der Waals surface area (Å²) in [5.74, 6) is 1.69. The van der Waals surface area contributed by atoms with Gasteiger partial charge in [0.2, 0.25) is 0 Å². The highest BCUT2D eigenvalue weighted by Crippen LogP contribution is 2.37. The van der Waals surface area contributed by atoms with Crippen molar-refractivity contribution < 1.29 is 35.6 Å². The number of halogens is 3. The Hall–Kier alpha value is -3.47. The average Bonchev–Trinajstić information content (AvgIpc) is 2.88. The Balaban J connectivity index is 0.000000233. The second-order valence-electron chi connectivity index (χ2n) is 7.65. The number of hydrogen-bond donors (Lipinski definition) is 2. The minimum atomic E-state index is -4.52. The molecule has 0 atom stereocenters. The van der Waals surface area contributed by atoms with Gasteiger partial charge in [-0.3, -0.25) is 4.55 Å². The first-order valence-electron chi connectivity index (χ1n) is 10.7. The Bertz CT molecular complexity index is 1430. The minimum Gasteiger partial charge on any atom is -0.497 e. The molecule has 194 valence electrons. The number of rotatable bonds is 5. The van der Waals surface area contributed by atoms with Crippen LogP contribution >= 0.6 is 12.6 Å². The number of hydrogen-bond acceptors (Lipinski definition) is 5. The van der Waals surface area contributed by atoms with Gasteiger partial charge in [-0.1, -0.05) is 36.4 Å². The lowest BCUT2D eigenvalue weighted by molar-refractivity contribution is -0.137. The quantitative estimate of drug-likeness (QED) is 0.203. The van der Waals surface area contributed by atoms with Gasteiger partial charge in [0.15, 0.2) is 0 Å². The molecule has 37 heavy (non-hydrogen) atoms. The molecule has 0 spiro atoms. The summed E-state index contributed by atoms with van der Waals surface area (Å²) in [6.07, 6.45) is -4.52. The number of thiol groups is 1. The first kappa shape index (κ1) is 28.1. The lowest BCUT2D eigenvalue weighted by Crippen LogP contribution is -2.05.